The summed E-state index contributed by atoms with van der Waals surface area (Å²) in [6.07, 6.45) is 3.10. The van der Waals surface area contributed by atoms with Gasteiger partial charge in [-0.15, -0.1) is 0 Å². The SMILES string of the molecule is CC(=O)CCc1ccccn1.CCN. The van der Waals surface area contributed by atoms with Crippen LogP contribution in [0.25, 0.3) is 0 Å². The normalized spacial score (nSPS) is 8.79. The fourth-order valence-electron chi connectivity index (χ4n) is 0.850. The first kappa shape index (κ1) is 12.8. The third-order valence-corrected chi connectivity index (χ3v) is 1.46. The van der Waals surface area contributed by atoms with Crippen LogP contribution in [0.2, 0.25) is 0 Å². The van der Waals surface area contributed by atoms with Gasteiger partial charge in [0.05, 0.1) is 0 Å². The Morgan fingerprint density at radius 2 is 2.14 bits per heavy atom. The van der Waals surface area contributed by atoms with Gasteiger partial charge in [-0.3, -0.25) is 4.98 Å². The van der Waals surface area contributed by atoms with Crippen LogP contribution in [0, 0.1) is 0 Å². The first-order valence-corrected chi connectivity index (χ1v) is 4.80. The van der Waals surface area contributed by atoms with Crippen LogP contribution in [-0.2, 0) is 11.2 Å². The molecule has 0 bridgehead atoms. The molecule has 0 radical (unpaired) electrons. The third kappa shape index (κ3) is 7.43. The second-order valence-electron chi connectivity index (χ2n) is 2.93. The summed E-state index contributed by atoms with van der Waals surface area (Å²) in [5.74, 6) is 0.218. The molecule has 3 nitrogen and oxygen atoms in total. The van der Waals surface area contributed by atoms with Crippen molar-refractivity contribution in [1.29, 1.82) is 0 Å². The largest absolute Gasteiger partial charge is 0.331 e. The molecule has 1 aromatic rings. The fraction of sp³-hybridized carbons (Fsp3) is 0.455. The predicted molar refractivity (Wildman–Crippen MR) is 58.0 cm³/mol. The zero-order valence-corrected chi connectivity index (χ0v) is 8.86. The van der Waals surface area contributed by atoms with E-state index < -0.39 is 0 Å². The molecule has 0 fully saturated rings. The molecule has 0 atom stereocenters. The van der Waals surface area contributed by atoms with Crippen molar-refractivity contribution in [2.45, 2.75) is 26.7 Å². The highest BCUT2D eigenvalue weighted by Gasteiger charge is 1.95. The van der Waals surface area contributed by atoms with Crippen LogP contribution in [0.15, 0.2) is 24.4 Å². The summed E-state index contributed by atoms with van der Waals surface area (Å²) in [5.41, 5.74) is 5.84. The Balaban J connectivity index is 0.000000500. The number of ketones is 1. The van der Waals surface area contributed by atoms with Crippen LogP contribution in [0.5, 0.6) is 0 Å². The molecule has 1 rings (SSSR count). The van der Waals surface area contributed by atoms with Crippen LogP contribution < -0.4 is 5.73 Å². The molecule has 1 heterocycles. The molecular weight excluding hydrogens is 176 g/mol. The lowest BCUT2D eigenvalue weighted by Crippen LogP contribution is -1.95. The number of aryl methyl sites for hydroxylation is 1. The Morgan fingerprint density at radius 1 is 1.50 bits per heavy atom. The molecule has 0 aromatic carbocycles. The molecule has 14 heavy (non-hydrogen) atoms. The van der Waals surface area contributed by atoms with Crippen molar-refractivity contribution in [2.24, 2.45) is 5.73 Å². The molecule has 0 amide bonds. The summed E-state index contributed by atoms with van der Waals surface area (Å²) in [5, 5.41) is 0. The molecular formula is C11H18N2O. The number of aromatic nitrogens is 1. The van der Waals surface area contributed by atoms with E-state index in [4.69, 9.17) is 5.73 Å². The van der Waals surface area contributed by atoms with Crippen molar-refractivity contribution in [3.63, 3.8) is 0 Å². The summed E-state index contributed by atoms with van der Waals surface area (Å²) < 4.78 is 0. The number of carbonyl (C=O) groups is 1. The minimum atomic E-state index is 0.218. The second-order valence-corrected chi connectivity index (χ2v) is 2.93. The summed E-state index contributed by atoms with van der Waals surface area (Å²) in [6, 6.07) is 5.74. The van der Waals surface area contributed by atoms with Gasteiger partial charge in [-0.05, 0) is 32.0 Å². The standard InChI is InChI=1S/C9H11NO.C2H7N/c1-8(11)5-6-9-4-2-3-7-10-9;1-2-3/h2-4,7H,5-6H2,1H3;2-3H2,1H3. The van der Waals surface area contributed by atoms with Gasteiger partial charge in [0.15, 0.2) is 0 Å². The number of hydrogen-bond donors (Lipinski definition) is 1. The number of rotatable bonds is 3. The van der Waals surface area contributed by atoms with E-state index in [0.717, 1.165) is 18.7 Å². The van der Waals surface area contributed by atoms with E-state index >= 15 is 0 Å². The first-order chi connectivity index (χ1) is 6.70. The fourth-order valence-corrected chi connectivity index (χ4v) is 0.850. The number of nitrogens with zero attached hydrogens (tertiary/aromatic N) is 1. The van der Waals surface area contributed by atoms with Crippen molar-refractivity contribution in [2.75, 3.05) is 6.54 Å². The molecule has 0 aliphatic heterocycles. The zero-order chi connectivity index (χ0) is 10.8. The van der Waals surface area contributed by atoms with Crippen LogP contribution in [0.1, 0.15) is 26.0 Å². The van der Waals surface area contributed by atoms with Gasteiger partial charge in [-0.1, -0.05) is 13.0 Å². The van der Waals surface area contributed by atoms with E-state index in [1.165, 1.54) is 0 Å². The Morgan fingerprint density at radius 3 is 2.57 bits per heavy atom. The lowest BCUT2D eigenvalue weighted by Gasteiger charge is -1.95. The molecule has 2 N–H and O–H groups in total. The van der Waals surface area contributed by atoms with E-state index in [9.17, 15) is 4.79 Å². The molecule has 0 saturated heterocycles. The van der Waals surface area contributed by atoms with Crippen LogP contribution in [0.4, 0.5) is 0 Å². The molecule has 78 valence electrons. The Labute approximate surface area is 85.3 Å². The zero-order valence-electron chi connectivity index (χ0n) is 8.86. The maximum absolute atomic E-state index is 10.6. The first-order valence-electron chi connectivity index (χ1n) is 4.80. The predicted octanol–water partition coefficient (Wildman–Crippen LogP) is 1.57. The van der Waals surface area contributed by atoms with Crippen LogP contribution in [0.3, 0.4) is 0 Å². The summed E-state index contributed by atoms with van der Waals surface area (Å²) in [7, 11) is 0. The summed E-state index contributed by atoms with van der Waals surface area (Å²) >= 11 is 0. The molecule has 0 aliphatic rings. The molecule has 1 aromatic heterocycles. The van der Waals surface area contributed by atoms with E-state index in [1.54, 1.807) is 13.1 Å². The maximum Gasteiger partial charge on any atom is 0.130 e. The van der Waals surface area contributed by atoms with Crippen molar-refractivity contribution in [3.8, 4) is 0 Å². The molecule has 0 unspecified atom stereocenters. The van der Waals surface area contributed by atoms with Crippen molar-refractivity contribution < 1.29 is 4.79 Å². The number of hydrogen-bond acceptors (Lipinski definition) is 3. The minimum absolute atomic E-state index is 0.218. The lowest BCUT2D eigenvalue weighted by atomic mass is 10.2. The van der Waals surface area contributed by atoms with Crippen LogP contribution in [-0.4, -0.2) is 17.3 Å². The Kier molecular flexibility index (Phi) is 7.65. The Bertz CT molecular complexity index is 247. The number of Topliss-reactive ketones (excluding diaryl/α,β-unsaturated/α-hetero) is 1. The van der Waals surface area contributed by atoms with Gasteiger partial charge in [0.25, 0.3) is 0 Å². The van der Waals surface area contributed by atoms with E-state index in [1.807, 2.05) is 25.1 Å². The number of pyridine rings is 1. The minimum Gasteiger partial charge on any atom is -0.331 e. The Hall–Kier alpha value is -1.22. The number of nitrogens with two attached hydrogens (primary N) is 1. The van der Waals surface area contributed by atoms with Gasteiger partial charge in [0, 0.05) is 18.3 Å². The monoisotopic (exact) mass is 194 g/mol. The van der Waals surface area contributed by atoms with Gasteiger partial charge in [-0.25, -0.2) is 0 Å². The highest BCUT2D eigenvalue weighted by molar-refractivity contribution is 5.75. The summed E-state index contributed by atoms with van der Waals surface area (Å²) in [6.45, 7) is 4.25. The molecule has 0 aliphatic carbocycles. The summed E-state index contributed by atoms with van der Waals surface area (Å²) in [4.78, 5) is 14.7. The van der Waals surface area contributed by atoms with E-state index in [-0.39, 0.29) is 5.78 Å². The van der Waals surface area contributed by atoms with Crippen molar-refractivity contribution >= 4 is 5.78 Å². The van der Waals surface area contributed by atoms with Crippen molar-refractivity contribution in [1.82, 2.24) is 4.98 Å². The average Bonchev–Trinajstić information content (AvgIpc) is 2.18. The molecule has 0 spiro atoms. The highest BCUT2D eigenvalue weighted by Crippen LogP contribution is 1.97. The van der Waals surface area contributed by atoms with E-state index in [0.29, 0.717) is 6.42 Å². The van der Waals surface area contributed by atoms with Crippen LogP contribution >= 0.6 is 0 Å². The average molecular weight is 194 g/mol. The molecule has 3 heteroatoms. The van der Waals surface area contributed by atoms with Gasteiger partial charge in [0.2, 0.25) is 0 Å². The quantitative estimate of drug-likeness (QED) is 0.794. The lowest BCUT2D eigenvalue weighted by molar-refractivity contribution is -0.116. The van der Waals surface area contributed by atoms with Gasteiger partial charge in [0.1, 0.15) is 5.78 Å². The third-order valence-electron chi connectivity index (χ3n) is 1.46. The smallest absolute Gasteiger partial charge is 0.130 e. The van der Waals surface area contributed by atoms with Gasteiger partial charge in [-0.2, -0.15) is 0 Å². The maximum atomic E-state index is 10.6. The second kappa shape index (κ2) is 8.38. The molecule has 0 saturated carbocycles. The van der Waals surface area contributed by atoms with E-state index in [2.05, 4.69) is 4.98 Å². The van der Waals surface area contributed by atoms with Crippen molar-refractivity contribution in [3.05, 3.63) is 30.1 Å². The topological polar surface area (TPSA) is 56.0 Å². The highest BCUT2D eigenvalue weighted by atomic mass is 16.1. The van der Waals surface area contributed by atoms with Gasteiger partial charge < -0.3 is 10.5 Å². The van der Waals surface area contributed by atoms with Gasteiger partial charge >= 0.3 is 0 Å². The number of carbonyl (C=O) groups excluding carboxylic acids is 1.